The van der Waals surface area contributed by atoms with Gasteiger partial charge in [0, 0.05) is 31.6 Å². The van der Waals surface area contributed by atoms with Crippen LogP contribution in [0.15, 0.2) is 24.3 Å². The Morgan fingerprint density at radius 2 is 1.75 bits per heavy atom. The second-order valence-corrected chi connectivity index (χ2v) is 7.67. The van der Waals surface area contributed by atoms with Gasteiger partial charge >= 0.3 is 0 Å². The summed E-state index contributed by atoms with van der Waals surface area (Å²) in [5.41, 5.74) is 0.307. The molecule has 3 amide bonds. The quantitative estimate of drug-likeness (QED) is 0.749. The van der Waals surface area contributed by atoms with Crippen molar-refractivity contribution in [2.24, 2.45) is 11.8 Å². The van der Waals surface area contributed by atoms with Gasteiger partial charge in [-0.1, -0.05) is 20.8 Å². The molecule has 6 nitrogen and oxygen atoms in total. The highest BCUT2D eigenvalue weighted by Gasteiger charge is 2.33. The summed E-state index contributed by atoms with van der Waals surface area (Å²) in [6, 6.07) is 4.55. The number of carbonyl (C=O) groups is 3. The monoisotopic (exact) mass is 391 g/mol. The van der Waals surface area contributed by atoms with E-state index in [0.717, 1.165) is 0 Å². The highest BCUT2D eigenvalue weighted by Crippen LogP contribution is 2.22. The van der Waals surface area contributed by atoms with Crippen LogP contribution in [0.25, 0.3) is 0 Å². The van der Waals surface area contributed by atoms with Gasteiger partial charge in [0.05, 0.1) is 0 Å². The van der Waals surface area contributed by atoms with Crippen molar-refractivity contribution in [1.29, 1.82) is 0 Å². The van der Waals surface area contributed by atoms with Crippen molar-refractivity contribution in [2.45, 2.75) is 46.1 Å². The molecule has 0 bridgehead atoms. The maximum atomic E-state index is 13.1. The number of rotatable bonds is 7. The summed E-state index contributed by atoms with van der Waals surface area (Å²) in [7, 11) is 0. The van der Waals surface area contributed by atoms with Gasteiger partial charge in [0.25, 0.3) is 5.91 Å². The normalized spacial score (nSPS) is 16.0. The number of amides is 3. The van der Waals surface area contributed by atoms with E-state index in [0.29, 0.717) is 50.4 Å². The van der Waals surface area contributed by atoms with E-state index in [1.807, 2.05) is 20.8 Å². The van der Waals surface area contributed by atoms with Crippen molar-refractivity contribution in [3.8, 4) is 0 Å². The number of likely N-dealkylation sites (tertiary alicyclic amines) is 1. The fourth-order valence-electron chi connectivity index (χ4n) is 3.34. The van der Waals surface area contributed by atoms with Gasteiger partial charge in [0.15, 0.2) is 0 Å². The van der Waals surface area contributed by atoms with Crippen LogP contribution in [0.4, 0.5) is 4.39 Å². The van der Waals surface area contributed by atoms with Gasteiger partial charge in [-0.15, -0.1) is 0 Å². The summed E-state index contributed by atoms with van der Waals surface area (Å²) in [5, 5.41) is 5.72. The molecule has 7 heteroatoms. The number of hydrogen-bond donors (Lipinski definition) is 2. The number of hydrogen-bond acceptors (Lipinski definition) is 3. The number of nitrogens with one attached hydrogen (secondary N) is 2. The van der Waals surface area contributed by atoms with Gasteiger partial charge in [-0.3, -0.25) is 14.4 Å². The third-order valence-corrected chi connectivity index (χ3v) is 5.03. The summed E-state index contributed by atoms with van der Waals surface area (Å²) < 4.78 is 13.1. The molecule has 1 aliphatic heterocycles. The number of halogens is 1. The lowest BCUT2D eigenvalue weighted by atomic mass is 9.88. The molecule has 2 N–H and O–H groups in total. The van der Waals surface area contributed by atoms with Gasteiger partial charge in [0.2, 0.25) is 11.8 Å². The van der Waals surface area contributed by atoms with Crippen LogP contribution in [-0.4, -0.2) is 48.3 Å². The van der Waals surface area contributed by atoms with Gasteiger partial charge in [-0.25, -0.2) is 4.39 Å². The molecule has 1 heterocycles. The Hall–Kier alpha value is -2.44. The average Bonchev–Trinajstić information content (AvgIpc) is 2.70. The molecular weight excluding hydrogens is 361 g/mol. The Balaban J connectivity index is 2.08. The summed E-state index contributed by atoms with van der Waals surface area (Å²) >= 11 is 0. The Bertz CT molecular complexity index is 683. The fourth-order valence-corrected chi connectivity index (χ4v) is 3.34. The maximum Gasteiger partial charge on any atom is 0.251 e. The molecule has 154 valence electrons. The van der Waals surface area contributed by atoms with E-state index in [1.165, 1.54) is 24.3 Å². The molecule has 1 aliphatic rings. The minimum absolute atomic E-state index is 0.0579. The Labute approximate surface area is 165 Å². The van der Waals surface area contributed by atoms with Crippen LogP contribution in [0.3, 0.4) is 0 Å². The van der Waals surface area contributed by atoms with E-state index >= 15 is 0 Å². The number of piperidine rings is 1. The molecule has 0 unspecified atom stereocenters. The number of benzene rings is 1. The van der Waals surface area contributed by atoms with Crippen molar-refractivity contribution in [1.82, 2.24) is 15.5 Å². The lowest BCUT2D eigenvalue weighted by molar-refractivity contribution is -0.132. The molecule has 1 atom stereocenters. The second-order valence-electron chi connectivity index (χ2n) is 7.67. The third kappa shape index (κ3) is 6.04. The highest BCUT2D eigenvalue weighted by molar-refractivity contribution is 5.97. The minimum Gasteiger partial charge on any atom is -0.354 e. The molecule has 0 spiro atoms. The number of carbonyl (C=O) groups excluding carboxylic acids is 3. The molecule has 0 radical (unpaired) electrons. The van der Waals surface area contributed by atoms with Crippen molar-refractivity contribution >= 4 is 17.7 Å². The first-order valence-corrected chi connectivity index (χ1v) is 9.93. The van der Waals surface area contributed by atoms with Crippen LogP contribution >= 0.6 is 0 Å². The van der Waals surface area contributed by atoms with Crippen LogP contribution in [-0.2, 0) is 9.59 Å². The van der Waals surface area contributed by atoms with E-state index < -0.39 is 17.8 Å². The lowest BCUT2D eigenvalue weighted by Crippen LogP contribution is -2.54. The van der Waals surface area contributed by atoms with E-state index in [2.05, 4.69) is 10.6 Å². The van der Waals surface area contributed by atoms with Crippen LogP contribution < -0.4 is 10.6 Å². The third-order valence-electron chi connectivity index (χ3n) is 5.03. The van der Waals surface area contributed by atoms with Crippen LogP contribution in [0.1, 0.15) is 50.4 Å². The molecule has 1 fully saturated rings. The Morgan fingerprint density at radius 3 is 2.29 bits per heavy atom. The molecule has 2 rings (SSSR count). The van der Waals surface area contributed by atoms with Crippen molar-refractivity contribution in [3.05, 3.63) is 35.6 Å². The summed E-state index contributed by atoms with van der Waals surface area (Å²) in [6.07, 6.45) is 1.76. The zero-order valence-electron chi connectivity index (χ0n) is 16.8. The SMILES string of the molecule is CCC(=O)N1CCC([C@@H](NC(=O)c2ccc(F)cc2)C(=O)NCC(C)C)CC1. The largest absolute Gasteiger partial charge is 0.354 e. The van der Waals surface area contributed by atoms with Crippen molar-refractivity contribution < 1.29 is 18.8 Å². The second kappa shape index (κ2) is 10.2. The van der Waals surface area contributed by atoms with Crippen LogP contribution in [0, 0.1) is 17.7 Å². The predicted octanol–water partition coefficient (Wildman–Crippen LogP) is 2.34. The van der Waals surface area contributed by atoms with E-state index in [-0.39, 0.29) is 17.7 Å². The molecule has 1 aromatic rings. The first-order chi connectivity index (χ1) is 13.3. The zero-order valence-corrected chi connectivity index (χ0v) is 16.8. The van der Waals surface area contributed by atoms with Crippen LogP contribution in [0.2, 0.25) is 0 Å². The van der Waals surface area contributed by atoms with E-state index in [4.69, 9.17) is 0 Å². The standard InChI is InChI=1S/C21H30FN3O3/c1-4-18(26)25-11-9-15(10-12-25)19(21(28)23-13-14(2)3)24-20(27)16-5-7-17(22)8-6-16/h5-8,14-15,19H,4,9-13H2,1-3H3,(H,23,28)(H,24,27)/t19-/m1/s1. The smallest absolute Gasteiger partial charge is 0.251 e. The zero-order chi connectivity index (χ0) is 20.7. The molecule has 0 aliphatic carbocycles. The fraction of sp³-hybridized carbons (Fsp3) is 0.571. The molecule has 1 saturated heterocycles. The lowest BCUT2D eigenvalue weighted by Gasteiger charge is -2.35. The van der Waals surface area contributed by atoms with Crippen molar-refractivity contribution in [2.75, 3.05) is 19.6 Å². The van der Waals surface area contributed by atoms with Gasteiger partial charge < -0.3 is 15.5 Å². The first kappa shape index (κ1) is 21.9. The van der Waals surface area contributed by atoms with E-state index in [9.17, 15) is 18.8 Å². The number of nitrogens with zero attached hydrogens (tertiary/aromatic N) is 1. The predicted molar refractivity (Wildman–Crippen MR) is 105 cm³/mol. The highest BCUT2D eigenvalue weighted by atomic mass is 19.1. The maximum absolute atomic E-state index is 13.1. The molecule has 28 heavy (non-hydrogen) atoms. The molecule has 0 aromatic heterocycles. The first-order valence-electron chi connectivity index (χ1n) is 9.93. The van der Waals surface area contributed by atoms with Crippen molar-refractivity contribution in [3.63, 3.8) is 0 Å². The Morgan fingerprint density at radius 1 is 1.14 bits per heavy atom. The van der Waals surface area contributed by atoms with Gasteiger partial charge in [-0.2, -0.15) is 0 Å². The summed E-state index contributed by atoms with van der Waals surface area (Å²) in [5.74, 6) is -0.703. The van der Waals surface area contributed by atoms with Gasteiger partial charge in [0.1, 0.15) is 11.9 Å². The topological polar surface area (TPSA) is 78.5 Å². The molecule has 0 saturated carbocycles. The van der Waals surface area contributed by atoms with Crippen LogP contribution in [0.5, 0.6) is 0 Å². The average molecular weight is 391 g/mol. The van der Waals surface area contributed by atoms with Gasteiger partial charge in [-0.05, 0) is 48.9 Å². The Kier molecular flexibility index (Phi) is 7.96. The minimum atomic E-state index is -0.685. The summed E-state index contributed by atoms with van der Waals surface area (Å²) in [4.78, 5) is 39.1. The summed E-state index contributed by atoms with van der Waals surface area (Å²) in [6.45, 7) is 7.52. The molecular formula is C21H30FN3O3. The molecule has 1 aromatic carbocycles. The van der Waals surface area contributed by atoms with E-state index in [1.54, 1.807) is 4.90 Å².